The zero-order valence-corrected chi connectivity index (χ0v) is 19.1. The fourth-order valence-corrected chi connectivity index (χ4v) is 6.09. The molecule has 1 aliphatic heterocycles. The van der Waals surface area contributed by atoms with Crippen LogP contribution in [0, 0.1) is 5.41 Å². The van der Waals surface area contributed by atoms with Crippen molar-refractivity contribution in [2.75, 3.05) is 19.7 Å². The van der Waals surface area contributed by atoms with Crippen LogP contribution in [0.4, 0.5) is 0 Å². The third-order valence-electron chi connectivity index (χ3n) is 5.07. The topological polar surface area (TPSA) is 89.7 Å². The molecule has 0 aromatic heterocycles. The van der Waals surface area contributed by atoms with Gasteiger partial charge in [0.05, 0.1) is 16.7 Å². The van der Waals surface area contributed by atoms with Crippen molar-refractivity contribution >= 4 is 50.7 Å². The van der Waals surface area contributed by atoms with Gasteiger partial charge >= 0.3 is 0 Å². The van der Waals surface area contributed by atoms with Crippen LogP contribution in [0.3, 0.4) is 0 Å². The van der Waals surface area contributed by atoms with E-state index in [9.17, 15) is 13.2 Å². The highest BCUT2D eigenvalue weighted by Gasteiger charge is 2.42. The molecule has 1 aliphatic rings. The molecule has 1 saturated heterocycles. The zero-order chi connectivity index (χ0) is 21.9. The van der Waals surface area contributed by atoms with E-state index in [0.29, 0.717) is 30.2 Å². The molecule has 0 spiro atoms. The van der Waals surface area contributed by atoms with E-state index < -0.39 is 21.3 Å². The molecule has 30 heavy (non-hydrogen) atoms. The molecule has 6 nitrogen and oxygen atoms in total. The first-order chi connectivity index (χ1) is 14.1. The van der Waals surface area contributed by atoms with Crippen molar-refractivity contribution in [3.05, 3.63) is 57.5 Å². The number of piperidine rings is 1. The van der Waals surface area contributed by atoms with Crippen molar-refractivity contribution in [3.8, 4) is 5.75 Å². The lowest BCUT2D eigenvalue weighted by atomic mass is 9.78. The number of hydrogen-bond acceptors (Lipinski definition) is 4. The maximum Gasteiger partial charge on any atom is 0.244 e. The Morgan fingerprint density at radius 2 is 1.83 bits per heavy atom. The largest absolute Gasteiger partial charge is 0.493 e. The average molecular weight is 492 g/mol. The number of primary amides is 1. The lowest BCUT2D eigenvalue weighted by molar-refractivity contribution is -0.121. The number of sulfonamides is 1. The van der Waals surface area contributed by atoms with E-state index in [4.69, 9.17) is 45.3 Å². The van der Waals surface area contributed by atoms with Gasteiger partial charge in [-0.25, -0.2) is 8.42 Å². The van der Waals surface area contributed by atoms with Crippen LogP contribution in [-0.4, -0.2) is 38.3 Å². The minimum Gasteiger partial charge on any atom is -0.493 e. The summed E-state index contributed by atoms with van der Waals surface area (Å²) >= 11 is 18.1. The maximum absolute atomic E-state index is 13.3. The third-order valence-corrected chi connectivity index (χ3v) is 8.14. The van der Waals surface area contributed by atoms with Gasteiger partial charge in [-0.1, -0.05) is 40.9 Å². The van der Waals surface area contributed by atoms with E-state index in [2.05, 4.69) is 0 Å². The van der Waals surface area contributed by atoms with Gasteiger partial charge in [0.2, 0.25) is 15.9 Å². The summed E-state index contributed by atoms with van der Waals surface area (Å²) in [4.78, 5) is 11.7. The Morgan fingerprint density at radius 3 is 2.50 bits per heavy atom. The highest BCUT2D eigenvalue weighted by Crippen LogP contribution is 2.38. The summed E-state index contributed by atoms with van der Waals surface area (Å²) in [6.45, 7) is 0.508. The Hall–Kier alpha value is -1.51. The van der Waals surface area contributed by atoms with Crippen molar-refractivity contribution in [2.45, 2.75) is 24.2 Å². The fourth-order valence-electron chi connectivity index (χ4n) is 3.64. The van der Waals surface area contributed by atoms with Crippen molar-refractivity contribution in [1.82, 2.24) is 4.31 Å². The Bertz CT molecular complexity index is 1030. The Morgan fingerprint density at radius 1 is 1.13 bits per heavy atom. The number of carbonyl (C=O) groups excluding carboxylic acids is 1. The molecular weight excluding hydrogens is 471 g/mol. The van der Waals surface area contributed by atoms with Gasteiger partial charge in [0.1, 0.15) is 10.6 Å². The smallest absolute Gasteiger partial charge is 0.244 e. The van der Waals surface area contributed by atoms with E-state index >= 15 is 0 Å². The summed E-state index contributed by atoms with van der Waals surface area (Å²) in [6.07, 6.45) is 1.14. The van der Waals surface area contributed by atoms with Crippen LogP contribution in [0.2, 0.25) is 15.1 Å². The predicted octanol–water partition coefficient (Wildman–Crippen LogP) is 4.37. The van der Waals surface area contributed by atoms with Crippen molar-refractivity contribution in [2.24, 2.45) is 11.1 Å². The number of amides is 1. The molecule has 0 saturated carbocycles. The minimum atomic E-state index is -3.92. The molecule has 2 aromatic carbocycles. The molecule has 1 atom stereocenters. The van der Waals surface area contributed by atoms with Gasteiger partial charge in [-0.05, 0) is 49.2 Å². The van der Waals surface area contributed by atoms with Crippen molar-refractivity contribution < 1.29 is 17.9 Å². The van der Waals surface area contributed by atoms with Crippen LogP contribution in [0.1, 0.15) is 19.3 Å². The lowest BCUT2D eigenvalue weighted by Crippen LogP contribution is -2.50. The van der Waals surface area contributed by atoms with Crippen molar-refractivity contribution in [3.63, 3.8) is 0 Å². The van der Waals surface area contributed by atoms with E-state index in [-0.39, 0.29) is 34.5 Å². The predicted molar refractivity (Wildman–Crippen MR) is 118 cm³/mol. The van der Waals surface area contributed by atoms with Crippen LogP contribution < -0.4 is 10.5 Å². The highest BCUT2D eigenvalue weighted by molar-refractivity contribution is 7.89. The summed E-state index contributed by atoms with van der Waals surface area (Å²) < 4.78 is 33.7. The van der Waals surface area contributed by atoms with Gasteiger partial charge in [0, 0.05) is 29.9 Å². The van der Waals surface area contributed by atoms with E-state index in [0.717, 1.165) is 0 Å². The lowest BCUT2D eigenvalue weighted by Gasteiger charge is -2.41. The summed E-state index contributed by atoms with van der Waals surface area (Å²) in [7, 11) is -3.92. The summed E-state index contributed by atoms with van der Waals surface area (Å²) in [5.41, 5.74) is 4.73. The van der Waals surface area contributed by atoms with E-state index in [1.807, 2.05) is 0 Å². The van der Waals surface area contributed by atoms with Crippen LogP contribution in [0.25, 0.3) is 0 Å². The highest BCUT2D eigenvalue weighted by atomic mass is 35.5. The first-order valence-electron chi connectivity index (χ1n) is 9.24. The molecular formula is C20H21Cl3N2O4S. The molecule has 0 unspecified atom stereocenters. The average Bonchev–Trinajstić information content (AvgIpc) is 2.69. The molecule has 10 heteroatoms. The normalized spacial score (nSPS) is 20.1. The fraction of sp³-hybridized carbons (Fsp3) is 0.350. The van der Waals surface area contributed by atoms with Crippen LogP contribution in [0.5, 0.6) is 5.75 Å². The van der Waals surface area contributed by atoms with Gasteiger partial charge in [-0.15, -0.1) is 0 Å². The number of nitrogens with two attached hydrogens (primary N) is 1. The standard InChI is InChI=1S/C20H21Cl3N2O4S/c21-14-5-7-15(8-6-14)29-13-20(11-18(24)26)9-2-10-25(12-20)30(27,28)17-4-1-3-16(22)19(17)23/h1,3-8H,2,9-13H2,(H2,24,26)/t20-/m0/s1. The number of halogens is 3. The molecule has 0 radical (unpaired) electrons. The Labute approximate surface area is 190 Å². The third kappa shape index (κ3) is 5.21. The zero-order valence-electron chi connectivity index (χ0n) is 16.0. The van der Waals surface area contributed by atoms with Gasteiger partial charge in [-0.3, -0.25) is 4.79 Å². The Balaban J connectivity index is 1.86. The molecule has 1 amide bonds. The Kier molecular flexibility index (Phi) is 7.20. The maximum atomic E-state index is 13.3. The second-order valence-electron chi connectivity index (χ2n) is 7.38. The van der Waals surface area contributed by atoms with Crippen LogP contribution in [-0.2, 0) is 14.8 Å². The van der Waals surface area contributed by atoms with Gasteiger partial charge in [0.25, 0.3) is 0 Å². The summed E-state index contributed by atoms with van der Waals surface area (Å²) in [6, 6.07) is 11.3. The van der Waals surface area contributed by atoms with Crippen molar-refractivity contribution in [1.29, 1.82) is 0 Å². The monoisotopic (exact) mass is 490 g/mol. The number of rotatable bonds is 7. The molecule has 1 fully saturated rings. The van der Waals surface area contributed by atoms with Crippen LogP contribution in [0.15, 0.2) is 47.4 Å². The number of ether oxygens (including phenoxy) is 1. The number of hydrogen-bond donors (Lipinski definition) is 1. The first kappa shape index (κ1) is 23.2. The minimum absolute atomic E-state index is 0.00408. The summed E-state index contributed by atoms with van der Waals surface area (Å²) in [5, 5.41) is 0.703. The molecule has 2 N–H and O–H groups in total. The molecule has 1 heterocycles. The van der Waals surface area contributed by atoms with Gasteiger partial charge < -0.3 is 10.5 Å². The molecule has 3 rings (SSSR count). The number of carbonyl (C=O) groups is 1. The van der Waals surface area contributed by atoms with E-state index in [1.165, 1.54) is 22.5 Å². The molecule has 0 aliphatic carbocycles. The SMILES string of the molecule is NC(=O)C[C@@]1(COc2ccc(Cl)cc2)CCCN(S(=O)(=O)c2cccc(Cl)c2Cl)C1. The number of nitrogens with zero attached hydrogens (tertiary/aromatic N) is 1. The van der Waals surface area contributed by atoms with Gasteiger partial charge in [-0.2, -0.15) is 4.31 Å². The quantitative estimate of drug-likeness (QED) is 0.623. The van der Waals surface area contributed by atoms with E-state index in [1.54, 1.807) is 24.3 Å². The van der Waals surface area contributed by atoms with Gasteiger partial charge in [0.15, 0.2) is 0 Å². The van der Waals surface area contributed by atoms with Crippen LogP contribution >= 0.6 is 34.8 Å². The second-order valence-corrected chi connectivity index (χ2v) is 10.5. The molecule has 162 valence electrons. The number of benzene rings is 2. The second kappa shape index (κ2) is 9.32. The summed E-state index contributed by atoms with van der Waals surface area (Å²) in [5.74, 6) is 0.0517. The molecule has 2 aromatic rings. The first-order valence-corrected chi connectivity index (χ1v) is 11.8. The molecule has 0 bridgehead atoms.